The highest BCUT2D eigenvalue weighted by atomic mass is 35.5. The van der Waals surface area contributed by atoms with Gasteiger partial charge in [0, 0.05) is 24.3 Å². The summed E-state index contributed by atoms with van der Waals surface area (Å²) in [6, 6.07) is 5.14. The summed E-state index contributed by atoms with van der Waals surface area (Å²) in [5.41, 5.74) is 1.53. The minimum absolute atomic E-state index is 0.213. The molecular formula is C13H19ClFN. The van der Waals surface area contributed by atoms with Crippen molar-refractivity contribution in [1.82, 2.24) is 0 Å². The Labute approximate surface area is 102 Å². The molecule has 1 nitrogen and oxygen atoms in total. The molecule has 0 saturated carbocycles. The first-order chi connectivity index (χ1) is 7.60. The second-order valence-corrected chi connectivity index (χ2v) is 4.57. The van der Waals surface area contributed by atoms with Crippen LogP contribution in [0.1, 0.15) is 26.3 Å². The number of anilines is 1. The molecule has 1 aromatic rings. The number of benzene rings is 1. The van der Waals surface area contributed by atoms with E-state index in [2.05, 4.69) is 25.7 Å². The summed E-state index contributed by atoms with van der Waals surface area (Å²) in [7, 11) is 0. The van der Waals surface area contributed by atoms with E-state index in [1.807, 2.05) is 6.07 Å². The zero-order valence-corrected chi connectivity index (χ0v) is 10.9. The molecular weight excluding hydrogens is 225 g/mol. The number of hydrogen-bond donors (Lipinski definition) is 0. The van der Waals surface area contributed by atoms with Crippen LogP contribution in [0, 0.1) is 11.7 Å². The quantitative estimate of drug-likeness (QED) is 0.706. The van der Waals surface area contributed by atoms with Gasteiger partial charge in [0.15, 0.2) is 0 Å². The number of rotatable bonds is 5. The largest absolute Gasteiger partial charge is 0.371 e. The minimum Gasteiger partial charge on any atom is -0.371 e. The molecule has 1 rings (SSSR count). The molecule has 0 saturated heterocycles. The molecule has 16 heavy (non-hydrogen) atoms. The smallest absolute Gasteiger partial charge is 0.129 e. The van der Waals surface area contributed by atoms with E-state index in [1.165, 1.54) is 6.07 Å². The monoisotopic (exact) mass is 243 g/mol. The van der Waals surface area contributed by atoms with Crippen molar-refractivity contribution in [2.45, 2.75) is 26.7 Å². The molecule has 0 spiro atoms. The fourth-order valence-electron chi connectivity index (χ4n) is 1.81. The van der Waals surface area contributed by atoms with Crippen molar-refractivity contribution in [3.63, 3.8) is 0 Å². The normalized spacial score (nSPS) is 10.9. The molecule has 0 fully saturated rings. The van der Waals surface area contributed by atoms with Crippen molar-refractivity contribution >= 4 is 17.3 Å². The summed E-state index contributed by atoms with van der Waals surface area (Å²) < 4.78 is 13.6. The number of nitrogens with zero attached hydrogens (tertiary/aromatic N) is 1. The lowest BCUT2D eigenvalue weighted by molar-refractivity contribution is 0.601. The van der Waals surface area contributed by atoms with Crippen molar-refractivity contribution in [3.05, 3.63) is 29.6 Å². The van der Waals surface area contributed by atoms with Crippen LogP contribution in [0.15, 0.2) is 18.2 Å². The van der Waals surface area contributed by atoms with E-state index >= 15 is 0 Å². The molecule has 0 amide bonds. The second-order valence-electron chi connectivity index (χ2n) is 4.30. The molecule has 0 aliphatic carbocycles. The van der Waals surface area contributed by atoms with Gasteiger partial charge in [-0.25, -0.2) is 4.39 Å². The lowest BCUT2D eigenvalue weighted by Crippen LogP contribution is -2.28. The fraction of sp³-hybridized carbons (Fsp3) is 0.538. The number of hydrogen-bond acceptors (Lipinski definition) is 1. The van der Waals surface area contributed by atoms with Crippen LogP contribution in [-0.4, -0.2) is 13.1 Å². The lowest BCUT2D eigenvalue weighted by Gasteiger charge is -2.27. The highest BCUT2D eigenvalue weighted by Gasteiger charge is 2.13. The lowest BCUT2D eigenvalue weighted by atomic mass is 10.1. The summed E-state index contributed by atoms with van der Waals surface area (Å²) in [6.07, 6.45) is 0. The van der Waals surface area contributed by atoms with E-state index in [9.17, 15) is 4.39 Å². The van der Waals surface area contributed by atoms with Gasteiger partial charge < -0.3 is 4.90 Å². The molecule has 3 heteroatoms. The van der Waals surface area contributed by atoms with E-state index in [4.69, 9.17) is 11.6 Å². The van der Waals surface area contributed by atoms with E-state index in [-0.39, 0.29) is 11.7 Å². The van der Waals surface area contributed by atoms with Gasteiger partial charge in [0.1, 0.15) is 5.82 Å². The Bertz CT molecular complexity index is 339. The van der Waals surface area contributed by atoms with Crippen LogP contribution in [0.2, 0.25) is 0 Å². The van der Waals surface area contributed by atoms with Crippen LogP contribution in [0.4, 0.5) is 10.1 Å². The van der Waals surface area contributed by atoms with Gasteiger partial charge in [0.2, 0.25) is 0 Å². The summed E-state index contributed by atoms with van der Waals surface area (Å²) in [5, 5.41) is 0. The Morgan fingerprint density at radius 2 is 2.06 bits per heavy atom. The van der Waals surface area contributed by atoms with Crippen LogP contribution in [0.25, 0.3) is 0 Å². The first kappa shape index (κ1) is 13.3. The average Bonchev–Trinajstić information content (AvgIpc) is 2.25. The van der Waals surface area contributed by atoms with Gasteiger partial charge in [-0.15, -0.1) is 11.6 Å². The molecule has 0 aliphatic heterocycles. The highest BCUT2D eigenvalue weighted by molar-refractivity contribution is 6.17. The molecule has 0 unspecified atom stereocenters. The Kier molecular flexibility index (Phi) is 5.07. The summed E-state index contributed by atoms with van der Waals surface area (Å²) in [5.74, 6) is 0.553. The first-order valence-corrected chi connectivity index (χ1v) is 6.21. The fourth-order valence-corrected chi connectivity index (χ4v) is 2.08. The van der Waals surface area contributed by atoms with Crippen LogP contribution in [0.3, 0.4) is 0 Å². The molecule has 0 N–H and O–H groups in total. The van der Waals surface area contributed by atoms with Crippen LogP contribution in [-0.2, 0) is 5.88 Å². The third-order valence-electron chi connectivity index (χ3n) is 2.54. The van der Waals surface area contributed by atoms with Crippen molar-refractivity contribution < 1.29 is 4.39 Å². The maximum Gasteiger partial charge on any atom is 0.129 e. The molecule has 0 aliphatic rings. The van der Waals surface area contributed by atoms with Gasteiger partial charge in [0.05, 0.1) is 5.88 Å². The van der Waals surface area contributed by atoms with E-state index < -0.39 is 0 Å². The van der Waals surface area contributed by atoms with Gasteiger partial charge in [-0.3, -0.25) is 0 Å². The predicted octanol–water partition coefficient (Wildman–Crippen LogP) is 4.05. The molecule has 0 bridgehead atoms. The van der Waals surface area contributed by atoms with Crippen molar-refractivity contribution in [1.29, 1.82) is 0 Å². The molecule has 0 atom stereocenters. The highest BCUT2D eigenvalue weighted by Crippen LogP contribution is 2.25. The van der Waals surface area contributed by atoms with Gasteiger partial charge in [-0.2, -0.15) is 0 Å². The van der Waals surface area contributed by atoms with Crippen molar-refractivity contribution in [2.24, 2.45) is 5.92 Å². The summed E-state index contributed by atoms with van der Waals surface area (Å²) in [4.78, 5) is 2.17. The molecule has 0 heterocycles. The van der Waals surface area contributed by atoms with Crippen molar-refractivity contribution in [3.8, 4) is 0 Å². The van der Waals surface area contributed by atoms with Crippen molar-refractivity contribution in [2.75, 3.05) is 18.0 Å². The van der Waals surface area contributed by atoms with Gasteiger partial charge in [-0.05, 0) is 25.0 Å². The topological polar surface area (TPSA) is 3.24 Å². The molecule has 0 radical (unpaired) electrons. The Balaban J connectivity index is 3.04. The Morgan fingerprint density at radius 1 is 1.38 bits per heavy atom. The Hall–Kier alpha value is -0.760. The van der Waals surface area contributed by atoms with Crippen LogP contribution >= 0.6 is 11.6 Å². The molecule has 1 aromatic carbocycles. The Morgan fingerprint density at radius 3 is 2.56 bits per heavy atom. The van der Waals surface area contributed by atoms with E-state index in [0.717, 1.165) is 18.8 Å². The minimum atomic E-state index is -0.213. The number of alkyl halides is 1. The van der Waals surface area contributed by atoms with Crippen LogP contribution in [0.5, 0.6) is 0 Å². The number of halogens is 2. The van der Waals surface area contributed by atoms with Crippen LogP contribution < -0.4 is 4.90 Å². The maximum absolute atomic E-state index is 13.6. The van der Waals surface area contributed by atoms with Gasteiger partial charge >= 0.3 is 0 Å². The zero-order valence-electron chi connectivity index (χ0n) is 10.1. The summed E-state index contributed by atoms with van der Waals surface area (Å²) >= 11 is 5.81. The second kappa shape index (κ2) is 6.09. The molecule has 0 aromatic heterocycles. The van der Waals surface area contributed by atoms with Gasteiger partial charge in [0.25, 0.3) is 0 Å². The standard InChI is InChI=1S/C13H19ClFN/c1-4-16(9-10(2)3)13-7-5-6-12(15)11(13)8-14/h5-7,10H,4,8-9H2,1-3H3. The molecule has 90 valence electrons. The average molecular weight is 244 g/mol. The van der Waals surface area contributed by atoms with E-state index in [0.29, 0.717) is 11.5 Å². The predicted molar refractivity (Wildman–Crippen MR) is 68.7 cm³/mol. The third-order valence-corrected chi connectivity index (χ3v) is 2.80. The zero-order chi connectivity index (χ0) is 12.1. The SMILES string of the molecule is CCN(CC(C)C)c1cccc(F)c1CCl. The summed E-state index contributed by atoms with van der Waals surface area (Å²) in [6.45, 7) is 8.17. The van der Waals surface area contributed by atoms with E-state index in [1.54, 1.807) is 6.07 Å². The first-order valence-electron chi connectivity index (χ1n) is 5.68. The third kappa shape index (κ3) is 3.11. The van der Waals surface area contributed by atoms with Gasteiger partial charge in [-0.1, -0.05) is 19.9 Å². The maximum atomic E-state index is 13.6.